The van der Waals surface area contributed by atoms with Crippen molar-refractivity contribution in [2.45, 2.75) is 12.6 Å². The highest BCUT2D eigenvalue weighted by molar-refractivity contribution is 9.10. The molecule has 0 fully saturated rings. The fourth-order valence-corrected chi connectivity index (χ4v) is 2.15. The molecule has 0 saturated carbocycles. The van der Waals surface area contributed by atoms with Crippen LogP contribution < -0.4 is 5.73 Å². The van der Waals surface area contributed by atoms with E-state index in [4.69, 9.17) is 5.73 Å². The first-order valence-corrected chi connectivity index (χ1v) is 6.33. The van der Waals surface area contributed by atoms with E-state index in [0.29, 0.717) is 18.7 Å². The number of hydrogen-bond donors (Lipinski definition) is 1. The molecule has 3 nitrogen and oxygen atoms in total. The van der Waals surface area contributed by atoms with Crippen LogP contribution in [0.1, 0.15) is 11.3 Å². The average molecular weight is 334 g/mol. The lowest BCUT2D eigenvalue weighted by atomic mass is 10.1. The fraction of sp³-hybridized carbons (Fsp3) is 0.250. The van der Waals surface area contributed by atoms with Gasteiger partial charge in [-0.3, -0.25) is 0 Å². The minimum atomic E-state index is -4.44. The molecule has 102 valence electrons. The monoisotopic (exact) mass is 333 g/mol. The standard InChI is InChI=1S/C12H11BrF3N3/c13-9-1-2-10(8(7-9)3-5-17)19-6-4-11(18-19)12(14,15)16/h1-2,4,6-7H,3,5,17H2. The van der Waals surface area contributed by atoms with Gasteiger partial charge in [0, 0.05) is 10.7 Å². The van der Waals surface area contributed by atoms with Crippen LogP contribution in [0.3, 0.4) is 0 Å². The number of hydrogen-bond acceptors (Lipinski definition) is 2. The molecule has 0 amide bonds. The highest BCUT2D eigenvalue weighted by Crippen LogP contribution is 2.28. The average Bonchev–Trinajstić information content (AvgIpc) is 2.78. The first kappa shape index (κ1) is 14.1. The quantitative estimate of drug-likeness (QED) is 0.937. The Morgan fingerprint density at radius 1 is 1.26 bits per heavy atom. The number of aromatic nitrogens is 2. The minimum absolute atomic E-state index is 0.414. The first-order valence-electron chi connectivity index (χ1n) is 5.53. The van der Waals surface area contributed by atoms with Crippen molar-refractivity contribution in [3.05, 3.63) is 46.2 Å². The molecule has 0 radical (unpaired) electrons. The van der Waals surface area contributed by atoms with Crippen molar-refractivity contribution in [1.29, 1.82) is 0 Å². The summed E-state index contributed by atoms with van der Waals surface area (Å²) in [6.45, 7) is 0.414. The van der Waals surface area contributed by atoms with Crippen LogP contribution in [0.5, 0.6) is 0 Å². The normalized spacial score (nSPS) is 11.8. The minimum Gasteiger partial charge on any atom is -0.330 e. The summed E-state index contributed by atoms with van der Waals surface area (Å²) in [5.74, 6) is 0. The third-order valence-electron chi connectivity index (χ3n) is 2.58. The summed E-state index contributed by atoms with van der Waals surface area (Å²) < 4.78 is 39.7. The molecule has 19 heavy (non-hydrogen) atoms. The van der Waals surface area contributed by atoms with Gasteiger partial charge in [-0.05, 0) is 42.8 Å². The lowest BCUT2D eigenvalue weighted by Crippen LogP contribution is -2.10. The molecule has 0 saturated heterocycles. The topological polar surface area (TPSA) is 43.8 Å². The molecule has 1 aromatic carbocycles. The Hall–Kier alpha value is -1.34. The van der Waals surface area contributed by atoms with Crippen LogP contribution in [-0.2, 0) is 12.6 Å². The number of halogens is 4. The van der Waals surface area contributed by atoms with E-state index in [1.54, 1.807) is 12.1 Å². The van der Waals surface area contributed by atoms with Crippen molar-refractivity contribution < 1.29 is 13.2 Å². The zero-order valence-corrected chi connectivity index (χ0v) is 11.4. The zero-order chi connectivity index (χ0) is 14.0. The van der Waals surface area contributed by atoms with Crippen molar-refractivity contribution in [2.24, 2.45) is 5.73 Å². The van der Waals surface area contributed by atoms with Crippen LogP contribution >= 0.6 is 15.9 Å². The molecule has 0 aliphatic heterocycles. The van der Waals surface area contributed by atoms with E-state index in [1.807, 2.05) is 6.07 Å². The molecular formula is C12H11BrF3N3. The molecule has 0 aliphatic carbocycles. The SMILES string of the molecule is NCCc1cc(Br)ccc1-n1ccc(C(F)(F)F)n1. The Bertz CT molecular complexity index is 578. The zero-order valence-electron chi connectivity index (χ0n) is 9.78. The summed E-state index contributed by atoms with van der Waals surface area (Å²) in [4.78, 5) is 0. The van der Waals surface area contributed by atoms with Crippen molar-refractivity contribution in [3.8, 4) is 5.69 Å². The molecule has 0 aliphatic rings. The van der Waals surface area contributed by atoms with Gasteiger partial charge in [0.1, 0.15) is 0 Å². The van der Waals surface area contributed by atoms with Crippen LogP contribution in [0.15, 0.2) is 34.9 Å². The van der Waals surface area contributed by atoms with Gasteiger partial charge in [0.15, 0.2) is 5.69 Å². The van der Waals surface area contributed by atoms with E-state index in [9.17, 15) is 13.2 Å². The summed E-state index contributed by atoms with van der Waals surface area (Å²) >= 11 is 3.33. The summed E-state index contributed by atoms with van der Waals surface area (Å²) in [5, 5.41) is 3.56. The van der Waals surface area contributed by atoms with Gasteiger partial charge in [-0.25, -0.2) is 4.68 Å². The summed E-state index contributed by atoms with van der Waals surface area (Å²) in [6.07, 6.45) is -2.57. The largest absolute Gasteiger partial charge is 0.435 e. The predicted molar refractivity (Wildman–Crippen MR) is 69.0 cm³/mol. The fourth-order valence-electron chi connectivity index (χ4n) is 1.74. The smallest absolute Gasteiger partial charge is 0.330 e. The second kappa shape index (κ2) is 5.34. The van der Waals surface area contributed by atoms with Gasteiger partial charge in [0.25, 0.3) is 0 Å². The first-order chi connectivity index (χ1) is 8.91. The van der Waals surface area contributed by atoms with Gasteiger partial charge < -0.3 is 5.73 Å². The molecule has 0 bridgehead atoms. The number of nitrogens with two attached hydrogens (primary N) is 1. The Kier molecular flexibility index (Phi) is 3.96. The van der Waals surface area contributed by atoms with E-state index in [2.05, 4.69) is 21.0 Å². The van der Waals surface area contributed by atoms with Crippen molar-refractivity contribution >= 4 is 15.9 Å². The molecule has 0 atom stereocenters. The van der Waals surface area contributed by atoms with Crippen molar-refractivity contribution in [1.82, 2.24) is 9.78 Å². The number of nitrogens with zero attached hydrogens (tertiary/aromatic N) is 2. The van der Waals surface area contributed by atoms with E-state index < -0.39 is 11.9 Å². The Morgan fingerprint density at radius 3 is 2.58 bits per heavy atom. The highest BCUT2D eigenvalue weighted by Gasteiger charge is 2.33. The lowest BCUT2D eigenvalue weighted by Gasteiger charge is -2.09. The molecule has 2 rings (SSSR count). The number of rotatable bonds is 3. The second-order valence-corrected chi connectivity index (χ2v) is 4.87. The van der Waals surface area contributed by atoms with E-state index >= 15 is 0 Å². The van der Waals surface area contributed by atoms with Crippen LogP contribution in [0, 0.1) is 0 Å². The van der Waals surface area contributed by atoms with Crippen LogP contribution in [0.25, 0.3) is 5.69 Å². The van der Waals surface area contributed by atoms with Crippen LogP contribution in [0.2, 0.25) is 0 Å². The van der Waals surface area contributed by atoms with Gasteiger partial charge in [-0.15, -0.1) is 0 Å². The van der Waals surface area contributed by atoms with Gasteiger partial charge in [-0.2, -0.15) is 18.3 Å². The Balaban J connectivity index is 2.44. The van der Waals surface area contributed by atoms with Gasteiger partial charge in [0.2, 0.25) is 0 Å². The molecule has 0 spiro atoms. The second-order valence-electron chi connectivity index (χ2n) is 3.96. The maximum Gasteiger partial charge on any atom is 0.435 e. The lowest BCUT2D eigenvalue weighted by molar-refractivity contribution is -0.141. The van der Waals surface area contributed by atoms with Gasteiger partial charge >= 0.3 is 6.18 Å². The number of benzene rings is 1. The molecule has 2 aromatic rings. The Morgan fingerprint density at radius 2 is 2.00 bits per heavy atom. The number of alkyl halides is 3. The maximum absolute atomic E-state index is 12.5. The third-order valence-corrected chi connectivity index (χ3v) is 3.07. The van der Waals surface area contributed by atoms with E-state index in [0.717, 1.165) is 16.1 Å². The van der Waals surface area contributed by atoms with E-state index in [1.165, 1.54) is 10.9 Å². The Labute approximate surface area is 116 Å². The molecule has 2 N–H and O–H groups in total. The van der Waals surface area contributed by atoms with Gasteiger partial charge in [-0.1, -0.05) is 15.9 Å². The van der Waals surface area contributed by atoms with Crippen LogP contribution in [0.4, 0.5) is 13.2 Å². The van der Waals surface area contributed by atoms with Gasteiger partial charge in [0.05, 0.1) is 5.69 Å². The van der Waals surface area contributed by atoms with Crippen molar-refractivity contribution in [3.63, 3.8) is 0 Å². The summed E-state index contributed by atoms with van der Waals surface area (Å²) in [6, 6.07) is 6.25. The summed E-state index contributed by atoms with van der Waals surface area (Å²) in [5.41, 5.74) is 6.04. The molecule has 1 aromatic heterocycles. The molecule has 7 heteroatoms. The van der Waals surface area contributed by atoms with Crippen LogP contribution in [-0.4, -0.2) is 16.3 Å². The highest BCUT2D eigenvalue weighted by atomic mass is 79.9. The molecular weight excluding hydrogens is 323 g/mol. The molecule has 0 unspecified atom stereocenters. The molecule has 1 heterocycles. The maximum atomic E-state index is 12.5. The summed E-state index contributed by atoms with van der Waals surface area (Å²) in [7, 11) is 0. The third kappa shape index (κ3) is 3.16. The predicted octanol–water partition coefficient (Wildman–Crippen LogP) is 3.15. The van der Waals surface area contributed by atoms with E-state index in [-0.39, 0.29) is 0 Å². The van der Waals surface area contributed by atoms with Crippen molar-refractivity contribution in [2.75, 3.05) is 6.54 Å².